The molecule has 1 amide bonds. The number of nitrogens with one attached hydrogen (secondary N) is 1. The van der Waals surface area contributed by atoms with Crippen molar-refractivity contribution in [2.75, 3.05) is 30.8 Å². The van der Waals surface area contributed by atoms with E-state index in [9.17, 15) is 23.3 Å². The molecular formula is C16H18N4O5S. The van der Waals surface area contributed by atoms with E-state index in [1.54, 1.807) is 0 Å². The standard InChI is InChI=1S/C16H18N4O5S/c1-18(2)26(24,25)19(3)14-9-7-12(8-10-14)16(21)17-13-5-4-6-15(11-13)20(22)23/h4-11H,1-3H3,(H,17,21). The fourth-order valence-electron chi connectivity index (χ4n) is 2.10. The van der Waals surface area contributed by atoms with E-state index in [0.29, 0.717) is 11.4 Å². The largest absolute Gasteiger partial charge is 0.322 e. The zero-order chi connectivity index (χ0) is 19.5. The monoisotopic (exact) mass is 378 g/mol. The van der Waals surface area contributed by atoms with Gasteiger partial charge in [-0.25, -0.2) is 0 Å². The summed E-state index contributed by atoms with van der Waals surface area (Å²) in [5.74, 6) is -0.463. The molecule has 0 radical (unpaired) electrons. The van der Waals surface area contributed by atoms with E-state index in [1.807, 2.05) is 0 Å². The van der Waals surface area contributed by atoms with Crippen LogP contribution in [0.2, 0.25) is 0 Å². The van der Waals surface area contributed by atoms with E-state index in [-0.39, 0.29) is 11.3 Å². The molecule has 138 valence electrons. The van der Waals surface area contributed by atoms with Crippen LogP contribution in [-0.2, 0) is 10.2 Å². The first kappa shape index (κ1) is 19.3. The van der Waals surface area contributed by atoms with Crippen LogP contribution in [0.25, 0.3) is 0 Å². The maximum atomic E-state index is 12.3. The van der Waals surface area contributed by atoms with Crippen LogP contribution in [0.15, 0.2) is 48.5 Å². The van der Waals surface area contributed by atoms with Crippen molar-refractivity contribution in [3.8, 4) is 0 Å². The molecule has 0 spiro atoms. The third kappa shape index (κ3) is 4.16. The first-order valence-electron chi connectivity index (χ1n) is 7.45. The second kappa shape index (κ2) is 7.50. The number of benzene rings is 2. The minimum atomic E-state index is -3.62. The molecule has 0 aliphatic carbocycles. The second-order valence-electron chi connectivity index (χ2n) is 5.57. The minimum absolute atomic E-state index is 0.131. The summed E-state index contributed by atoms with van der Waals surface area (Å²) in [5.41, 5.74) is 0.843. The van der Waals surface area contributed by atoms with Crippen LogP contribution in [0.3, 0.4) is 0 Å². The van der Waals surface area contributed by atoms with Crippen LogP contribution in [0, 0.1) is 10.1 Å². The lowest BCUT2D eigenvalue weighted by molar-refractivity contribution is -0.384. The molecule has 0 fully saturated rings. The van der Waals surface area contributed by atoms with Crippen molar-refractivity contribution in [3.63, 3.8) is 0 Å². The smallest absolute Gasteiger partial charge is 0.303 e. The van der Waals surface area contributed by atoms with Gasteiger partial charge in [0.15, 0.2) is 0 Å². The molecule has 10 heteroatoms. The van der Waals surface area contributed by atoms with Crippen molar-refractivity contribution >= 4 is 33.2 Å². The Labute approximate surface area is 151 Å². The summed E-state index contributed by atoms with van der Waals surface area (Å²) in [5, 5.41) is 13.3. The number of nitro benzene ring substituents is 1. The molecular weight excluding hydrogens is 360 g/mol. The molecule has 0 heterocycles. The number of nitro groups is 1. The lowest BCUT2D eigenvalue weighted by atomic mass is 10.2. The average molecular weight is 378 g/mol. The van der Waals surface area contributed by atoms with Crippen LogP contribution in [0.5, 0.6) is 0 Å². The van der Waals surface area contributed by atoms with E-state index >= 15 is 0 Å². The molecule has 1 N–H and O–H groups in total. The summed E-state index contributed by atoms with van der Waals surface area (Å²) in [6.45, 7) is 0. The van der Waals surface area contributed by atoms with Crippen LogP contribution < -0.4 is 9.62 Å². The molecule has 0 saturated heterocycles. The number of carbonyl (C=O) groups excluding carboxylic acids is 1. The van der Waals surface area contributed by atoms with E-state index in [0.717, 1.165) is 8.61 Å². The van der Waals surface area contributed by atoms with E-state index in [4.69, 9.17) is 0 Å². The van der Waals surface area contributed by atoms with Crippen molar-refractivity contribution < 1.29 is 18.1 Å². The highest BCUT2D eigenvalue weighted by molar-refractivity contribution is 7.90. The lowest BCUT2D eigenvalue weighted by Gasteiger charge is -2.23. The first-order chi connectivity index (χ1) is 12.1. The third-order valence-electron chi connectivity index (χ3n) is 3.62. The van der Waals surface area contributed by atoms with Gasteiger partial charge in [0.25, 0.3) is 11.6 Å². The molecule has 0 bridgehead atoms. The Kier molecular flexibility index (Phi) is 5.58. The summed E-state index contributed by atoms with van der Waals surface area (Å²) < 4.78 is 26.4. The first-order valence-corrected chi connectivity index (χ1v) is 8.85. The fraction of sp³-hybridized carbons (Fsp3) is 0.188. The highest BCUT2D eigenvalue weighted by atomic mass is 32.2. The van der Waals surface area contributed by atoms with Gasteiger partial charge in [-0.05, 0) is 30.3 Å². The van der Waals surface area contributed by atoms with Crippen molar-refractivity contribution in [1.29, 1.82) is 0 Å². The van der Waals surface area contributed by atoms with Crippen molar-refractivity contribution in [2.45, 2.75) is 0 Å². The summed E-state index contributed by atoms with van der Waals surface area (Å²) in [6, 6.07) is 11.5. The molecule has 0 aliphatic rings. The maximum absolute atomic E-state index is 12.3. The summed E-state index contributed by atoms with van der Waals surface area (Å²) in [7, 11) is 0.635. The Morgan fingerprint density at radius 3 is 2.23 bits per heavy atom. The highest BCUT2D eigenvalue weighted by Gasteiger charge is 2.21. The molecule has 0 aromatic heterocycles. The predicted molar refractivity (Wildman–Crippen MR) is 98.5 cm³/mol. The van der Waals surface area contributed by atoms with Gasteiger partial charge in [-0.3, -0.25) is 19.2 Å². The second-order valence-corrected chi connectivity index (χ2v) is 7.74. The molecule has 2 aromatic rings. The molecule has 2 aromatic carbocycles. The number of amides is 1. The summed E-state index contributed by atoms with van der Waals surface area (Å²) >= 11 is 0. The quantitative estimate of drug-likeness (QED) is 0.611. The zero-order valence-electron chi connectivity index (χ0n) is 14.4. The van der Waals surface area contributed by atoms with Gasteiger partial charge < -0.3 is 5.32 Å². The van der Waals surface area contributed by atoms with Gasteiger partial charge in [0.05, 0.1) is 10.6 Å². The minimum Gasteiger partial charge on any atom is -0.322 e. The third-order valence-corrected chi connectivity index (χ3v) is 5.44. The number of nitrogens with zero attached hydrogens (tertiary/aromatic N) is 3. The molecule has 0 saturated carbocycles. The van der Waals surface area contributed by atoms with Crippen molar-refractivity contribution in [2.24, 2.45) is 0 Å². The number of rotatable bonds is 6. The topological polar surface area (TPSA) is 113 Å². The van der Waals surface area contributed by atoms with Gasteiger partial charge in [0.2, 0.25) is 0 Å². The number of hydrogen-bond acceptors (Lipinski definition) is 5. The lowest BCUT2D eigenvalue weighted by Crippen LogP contribution is -2.37. The van der Waals surface area contributed by atoms with Crippen molar-refractivity contribution in [1.82, 2.24) is 4.31 Å². The van der Waals surface area contributed by atoms with Gasteiger partial charge in [0, 0.05) is 44.5 Å². The Balaban J connectivity index is 2.17. The Morgan fingerprint density at radius 1 is 1.08 bits per heavy atom. The maximum Gasteiger partial charge on any atom is 0.303 e. The van der Waals surface area contributed by atoms with Gasteiger partial charge in [-0.2, -0.15) is 12.7 Å². The van der Waals surface area contributed by atoms with Crippen LogP contribution in [0.1, 0.15) is 10.4 Å². The van der Waals surface area contributed by atoms with Crippen LogP contribution in [0.4, 0.5) is 17.1 Å². The van der Waals surface area contributed by atoms with Gasteiger partial charge in [-0.1, -0.05) is 6.07 Å². The summed E-state index contributed by atoms with van der Waals surface area (Å²) in [6.07, 6.45) is 0. The Morgan fingerprint density at radius 2 is 1.69 bits per heavy atom. The van der Waals surface area contributed by atoms with Gasteiger partial charge in [0.1, 0.15) is 0 Å². The van der Waals surface area contributed by atoms with Crippen LogP contribution in [-0.4, -0.2) is 44.7 Å². The normalized spacial score (nSPS) is 11.2. The van der Waals surface area contributed by atoms with Crippen LogP contribution >= 0.6 is 0 Å². The van der Waals surface area contributed by atoms with E-state index < -0.39 is 21.0 Å². The SMILES string of the molecule is CN(C)S(=O)(=O)N(C)c1ccc(C(=O)Nc2cccc([N+](=O)[O-])c2)cc1. The number of hydrogen-bond donors (Lipinski definition) is 1. The molecule has 0 atom stereocenters. The van der Waals surface area contributed by atoms with E-state index in [1.165, 1.54) is 69.7 Å². The fourth-order valence-corrected chi connectivity index (χ4v) is 2.98. The highest BCUT2D eigenvalue weighted by Crippen LogP contribution is 2.20. The van der Waals surface area contributed by atoms with Gasteiger partial charge >= 0.3 is 10.2 Å². The number of anilines is 2. The Bertz CT molecular complexity index is 926. The molecule has 2 rings (SSSR count). The average Bonchev–Trinajstić information content (AvgIpc) is 2.61. The number of carbonyl (C=O) groups is 1. The van der Waals surface area contributed by atoms with Gasteiger partial charge in [-0.15, -0.1) is 0 Å². The zero-order valence-corrected chi connectivity index (χ0v) is 15.2. The van der Waals surface area contributed by atoms with E-state index in [2.05, 4.69) is 5.32 Å². The summed E-state index contributed by atoms with van der Waals surface area (Å²) in [4.78, 5) is 22.5. The van der Waals surface area contributed by atoms with Crippen molar-refractivity contribution in [3.05, 3.63) is 64.2 Å². The molecule has 9 nitrogen and oxygen atoms in total. The molecule has 26 heavy (non-hydrogen) atoms. The Hall–Kier alpha value is -2.98. The molecule has 0 aliphatic heterocycles. The number of non-ortho nitro benzene ring substituents is 1. The molecule has 0 unspecified atom stereocenters. The predicted octanol–water partition coefficient (Wildman–Crippen LogP) is 2.09.